The van der Waals surface area contributed by atoms with Gasteiger partial charge in [-0.25, -0.2) is 9.78 Å². The van der Waals surface area contributed by atoms with Crippen LogP contribution >= 0.6 is 0 Å². The van der Waals surface area contributed by atoms with E-state index in [0.717, 1.165) is 18.9 Å². The number of pyridine rings is 1. The Hall–Kier alpha value is -3.42. The zero-order valence-electron chi connectivity index (χ0n) is 25.5. The van der Waals surface area contributed by atoms with Crippen LogP contribution in [0.1, 0.15) is 48.5 Å². The highest BCUT2D eigenvalue weighted by Gasteiger charge is 2.38. The van der Waals surface area contributed by atoms with E-state index < -0.39 is 29.6 Å². The molecule has 1 saturated heterocycles. The number of rotatable bonds is 11. The number of morpholine rings is 1. The number of esters is 1. The number of benzene rings is 1. The Morgan fingerprint density at radius 3 is 2.30 bits per heavy atom. The van der Waals surface area contributed by atoms with Crippen molar-refractivity contribution in [3.05, 3.63) is 41.6 Å². The molecule has 2 aromatic rings. The molecule has 4 rings (SSSR count). The van der Waals surface area contributed by atoms with Crippen molar-refractivity contribution in [2.75, 3.05) is 70.6 Å². The summed E-state index contributed by atoms with van der Waals surface area (Å²) >= 11 is 0. The predicted octanol–water partition coefficient (Wildman–Crippen LogP) is 5.34. The van der Waals surface area contributed by atoms with E-state index >= 15 is 0 Å². The van der Waals surface area contributed by atoms with Gasteiger partial charge in [-0.3, -0.25) is 4.79 Å². The SMILES string of the molecule is COCC(COC)N(c1ccc(Oc2ncc(N3CCOCC3)cc2C(F)(F)F)cc1C(=O)OC)C(=O)[C@H]1CC[C@H](C)CC1. The van der Waals surface area contributed by atoms with Gasteiger partial charge in [0.25, 0.3) is 0 Å². The van der Waals surface area contributed by atoms with Crippen molar-refractivity contribution in [3.63, 3.8) is 0 Å². The van der Waals surface area contributed by atoms with Crippen molar-refractivity contribution in [1.82, 2.24) is 4.98 Å². The number of anilines is 2. The number of carbonyl (C=O) groups excluding carboxylic acids is 2. The molecule has 0 spiro atoms. The van der Waals surface area contributed by atoms with Crippen molar-refractivity contribution in [2.24, 2.45) is 11.8 Å². The molecule has 44 heavy (non-hydrogen) atoms. The fourth-order valence-corrected chi connectivity index (χ4v) is 5.67. The lowest BCUT2D eigenvalue weighted by Crippen LogP contribution is -2.49. The van der Waals surface area contributed by atoms with Gasteiger partial charge < -0.3 is 33.5 Å². The molecule has 2 heterocycles. The lowest BCUT2D eigenvalue weighted by molar-refractivity contribution is -0.138. The summed E-state index contributed by atoms with van der Waals surface area (Å²) in [6.07, 6.45) is -0.243. The number of ether oxygens (including phenoxy) is 5. The Labute approximate surface area is 255 Å². The van der Waals surface area contributed by atoms with Crippen molar-refractivity contribution < 1.29 is 46.4 Å². The van der Waals surface area contributed by atoms with Gasteiger partial charge >= 0.3 is 12.1 Å². The Balaban J connectivity index is 1.73. The van der Waals surface area contributed by atoms with Crippen LogP contribution in [0.2, 0.25) is 0 Å². The van der Waals surface area contributed by atoms with Gasteiger partial charge in [-0.1, -0.05) is 6.92 Å². The van der Waals surface area contributed by atoms with E-state index in [4.69, 9.17) is 23.7 Å². The molecule has 0 N–H and O–H groups in total. The van der Waals surface area contributed by atoms with Crippen LogP contribution in [0.4, 0.5) is 24.5 Å². The third-order valence-electron chi connectivity index (χ3n) is 8.05. The summed E-state index contributed by atoms with van der Waals surface area (Å²) in [6, 6.07) is 4.55. The zero-order valence-corrected chi connectivity index (χ0v) is 25.5. The van der Waals surface area contributed by atoms with Crippen LogP contribution in [-0.4, -0.2) is 83.7 Å². The number of halogens is 3. The number of methoxy groups -OCH3 is 3. The Kier molecular flexibility index (Phi) is 11.4. The molecule has 2 fully saturated rings. The lowest BCUT2D eigenvalue weighted by Gasteiger charge is -2.36. The standard InChI is InChI=1S/C31H40F3N3O7/c1-20-5-7-21(8-6-20)29(38)37(23(18-40-2)19-41-3)27-10-9-24(16-25(27)30(39)42-4)44-28-26(31(32,33)34)15-22(17-35-28)36-11-13-43-14-12-36/h9-10,15-17,20-21,23H,5-8,11-14,18-19H2,1-4H3/t20-,21-. The van der Waals surface area contributed by atoms with Gasteiger partial charge in [0, 0.05) is 33.2 Å². The molecular weight excluding hydrogens is 583 g/mol. The quantitative estimate of drug-likeness (QED) is 0.307. The minimum Gasteiger partial charge on any atom is -0.465 e. The summed E-state index contributed by atoms with van der Waals surface area (Å²) in [4.78, 5) is 34.4. The number of amides is 1. The van der Waals surface area contributed by atoms with Gasteiger partial charge in [-0.05, 0) is 55.9 Å². The van der Waals surface area contributed by atoms with Gasteiger partial charge in [0.1, 0.15) is 11.3 Å². The first-order chi connectivity index (χ1) is 21.1. The van der Waals surface area contributed by atoms with Crippen LogP contribution in [0, 0.1) is 11.8 Å². The average Bonchev–Trinajstić information content (AvgIpc) is 3.02. The van der Waals surface area contributed by atoms with Gasteiger partial charge in [0.05, 0.1) is 62.7 Å². The Bertz CT molecular complexity index is 1270. The molecule has 1 aromatic carbocycles. The number of nitrogens with zero attached hydrogens (tertiary/aromatic N) is 3. The van der Waals surface area contributed by atoms with Crippen molar-refractivity contribution >= 4 is 23.3 Å². The third kappa shape index (κ3) is 7.99. The second-order valence-electron chi connectivity index (χ2n) is 11.1. The normalized spacial score (nSPS) is 19.1. The van der Waals surface area contributed by atoms with E-state index in [-0.39, 0.29) is 42.0 Å². The van der Waals surface area contributed by atoms with Crippen molar-refractivity contribution in [1.29, 1.82) is 0 Å². The molecule has 1 aromatic heterocycles. The molecule has 2 aliphatic rings. The topological polar surface area (TPSA) is 99.7 Å². The number of carbonyl (C=O) groups is 2. The van der Waals surface area contributed by atoms with Crippen LogP contribution in [0.15, 0.2) is 30.5 Å². The fraction of sp³-hybridized carbons (Fsp3) is 0.581. The van der Waals surface area contributed by atoms with Crippen LogP contribution in [0.25, 0.3) is 0 Å². The summed E-state index contributed by atoms with van der Waals surface area (Å²) in [5.74, 6) is -1.48. The highest BCUT2D eigenvalue weighted by Crippen LogP contribution is 2.40. The number of aromatic nitrogens is 1. The zero-order chi connectivity index (χ0) is 31.9. The van der Waals surface area contributed by atoms with Crippen molar-refractivity contribution in [3.8, 4) is 11.6 Å². The van der Waals surface area contributed by atoms with Crippen LogP contribution in [0.3, 0.4) is 0 Å². The second kappa shape index (κ2) is 15.0. The predicted molar refractivity (Wildman–Crippen MR) is 156 cm³/mol. The van der Waals surface area contributed by atoms with Crippen molar-refractivity contribution in [2.45, 2.75) is 44.8 Å². The smallest absolute Gasteiger partial charge is 0.421 e. The van der Waals surface area contributed by atoms with E-state index in [1.165, 1.54) is 50.6 Å². The van der Waals surface area contributed by atoms with E-state index in [0.29, 0.717) is 50.8 Å². The van der Waals surface area contributed by atoms with Gasteiger partial charge in [0.15, 0.2) is 0 Å². The molecule has 1 aliphatic carbocycles. The highest BCUT2D eigenvalue weighted by atomic mass is 19.4. The average molecular weight is 624 g/mol. The third-order valence-corrected chi connectivity index (χ3v) is 8.05. The maximum atomic E-state index is 14.1. The van der Waals surface area contributed by atoms with Gasteiger partial charge in [0.2, 0.25) is 11.8 Å². The van der Waals surface area contributed by atoms with E-state index in [9.17, 15) is 22.8 Å². The molecular formula is C31H40F3N3O7. The number of hydrogen-bond acceptors (Lipinski definition) is 9. The van der Waals surface area contributed by atoms with Gasteiger partial charge in [-0.2, -0.15) is 13.2 Å². The molecule has 0 bridgehead atoms. The minimum absolute atomic E-state index is 0.0572. The number of alkyl halides is 3. The molecule has 1 aliphatic heterocycles. The summed E-state index contributed by atoms with van der Waals surface area (Å²) in [5.41, 5.74) is -0.599. The first-order valence-corrected chi connectivity index (χ1v) is 14.7. The van der Waals surface area contributed by atoms with E-state index in [1.54, 1.807) is 4.90 Å². The van der Waals surface area contributed by atoms with Gasteiger partial charge in [-0.15, -0.1) is 0 Å². The molecule has 0 radical (unpaired) electrons. The molecule has 1 saturated carbocycles. The van der Waals surface area contributed by atoms with Crippen LogP contribution in [-0.2, 0) is 29.9 Å². The lowest BCUT2D eigenvalue weighted by atomic mass is 9.82. The molecule has 242 valence electrons. The van der Waals surface area contributed by atoms with E-state index in [1.807, 2.05) is 0 Å². The number of hydrogen-bond donors (Lipinski definition) is 0. The summed E-state index contributed by atoms with van der Waals surface area (Å²) in [6.45, 7) is 4.07. The summed E-state index contributed by atoms with van der Waals surface area (Å²) in [7, 11) is 4.19. The fourth-order valence-electron chi connectivity index (χ4n) is 5.67. The first-order valence-electron chi connectivity index (χ1n) is 14.7. The van der Waals surface area contributed by atoms with Crippen LogP contribution in [0.5, 0.6) is 11.6 Å². The summed E-state index contributed by atoms with van der Waals surface area (Å²) < 4.78 is 69.2. The Morgan fingerprint density at radius 2 is 1.70 bits per heavy atom. The first kappa shape index (κ1) is 33.5. The Morgan fingerprint density at radius 1 is 1.05 bits per heavy atom. The monoisotopic (exact) mass is 623 g/mol. The molecule has 1 amide bonds. The van der Waals surface area contributed by atoms with Crippen LogP contribution < -0.4 is 14.5 Å². The minimum atomic E-state index is -4.76. The second-order valence-corrected chi connectivity index (χ2v) is 11.1. The largest absolute Gasteiger partial charge is 0.465 e. The molecule has 13 heteroatoms. The molecule has 10 nitrogen and oxygen atoms in total. The maximum Gasteiger partial charge on any atom is 0.421 e. The molecule has 0 unspecified atom stereocenters. The van der Waals surface area contributed by atoms with E-state index in [2.05, 4.69) is 11.9 Å². The maximum absolute atomic E-state index is 14.1. The summed E-state index contributed by atoms with van der Waals surface area (Å²) in [5, 5.41) is 0. The molecule has 0 atom stereocenters. The highest BCUT2D eigenvalue weighted by molar-refractivity contribution is 6.04.